The molecule has 0 radical (unpaired) electrons. The molecule has 5 heteroatoms. The molecule has 1 aliphatic heterocycles. The van der Waals surface area contributed by atoms with Crippen LogP contribution in [0.4, 0.5) is 0 Å². The lowest BCUT2D eigenvalue weighted by Crippen LogP contribution is -2.46. The summed E-state index contributed by atoms with van der Waals surface area (Å²) >= 11 is 0. The zero-order valence-electron chi connectivity index (χ0n) is 11.9. The second kappa shape index (κ2) is 6.68. The van der Waals surface area contributed by atoms with E-state index in [1.54, 1.807) is 7.11 Å². The maximum Gasteiger partial charge on any atom is 0.225 e. The topological polar surface area (TPSA) is 53.0 Å². The van der Waals surface area contributed by atoms with Crippen LogP contribution in [-0.4, -0.2) is 72.9 Å². The summed E-state index contributed by atoms with van der Waals surface area (Å²) in [6.07, 6.45) is 4.72. The van der Waals surface area contributed by atoms with E-state index in [0.29, 0.717) is 13.0 Å². The Morgan fingerprint density at radius 2 is 2.00 bits per heavy atom. The van der Waals surface area contributed by atoms with Crippen LogP contribution < -0.4 is 0 Å². The van der Waals surface area contributed by atoms with E-state index >= 15 is 0 Å². The molecule has 0 aromatic heterocycles. The molecule has 19 heavy (non-hydrogen) atoms. The van der Waals surface area contributed by atoms with Crippen LogP contribution in [0.1, 0.15) is 32.1 Å². The molecule has 1 aliphatic carbocycles. The molecule has 1 N–H and O–H groups in total. The predicted molar refractivity (Wildman–Crippen MR) is 72.9 cm³/mol. The lowest BCUT2D eigenvalue weighted by molar-refractivity contribution is -0.144. The van der Waals surface area contributed by atoms with E-state index in [1.165, 1.54) is 6.42 Å². The zero-order chi connectivity index (χ0) is 13.7. The Bertz CT molecular complexity index is 300. The molecule has 0 aromatic rings. The smallest absolute Gasteiger partial charge is 0.225 e. The van der Waals surface area contributed by atoms with Gasteiger partial charge in [0, 0.05) is 33.3 Å². The van der Waals surface area contributed by atoms with Crippen molar-refractivity contribution in [1.29, 1.82) is 0 Å². The number of β-amino-alcohol motifs (C(OH)–C–C–N with tert-alkyl or cyclic N) is 1. The zero-order valence-corrected chi connectivity index (χ0v) is 11.9. The third-order valence-electron chi connectivity index (χ3n) is 4.53. The van der Waals surface area contributed by atoms with Gasteiger partial charge in [-0.1, -0.05) is 0 Å². The average molecular weight is 270 g/mol. The van der Waals surface area contributed by atoms with Crippen LogP contribution in [-0.2, 0) is 9.53 Å². The Hall–Kier alpha value is -0.650. The first kappa shape index (κ1) is 14.8. The van der Waals surface area contributed by atoms with Crippen molar-refractivity contribution in [2.24, 2.45) is 0 Å². The minimum absolute atomic E-state index is 0.172. The average Bonchev–Trinajstić information content (AvgIpc) is 2.60. The molecule has 110 valence electrons. The van der Waals surface area contributed by atoms with Crippen molar-refractivity contribution in [3.8, 4) is 0 Å². The molecule has 1 amide bonds. The van der Waals surface area contributed by atoms with E-state index in [1.807, 2.05) is 4.90 Å². The van der Waals surface area contributed by atoms with Gasteiger partial charge in [-0.05, 0) is 32.2 Å². The van der Waals surface area contributed by atoms with Crippen molar-refractivity contribution < 1.29 is 14.6 Å². The molecule has 0 atom stereocenters. The molecule has 1 heterocycles. The van der Waals surface area contributed by atoms with Crippen molar-refractivity contribution in [2.75, 3.05) is 46.4 Å². The molecule has 5 nitrogen and oxygen atoms in total. The van der Waals surface area contributed by atoms with Crippen molar-refractivity contribution >= 4 is 5.91 Å². The minimum atomic E-state index is -0.172. The highest BCUT2D eigenvalue weighted by Gasteiger charge is 2.40. The first-order valence-corrected chi connectivity index (χ1v) is 7.35. The molecular weight excluding hydrogens is 244 g/mol. The summed E-state index contributed by atoms with van der Waals surface area (Å²) in [7, 11) is 1.72. The Kier molecular flexibility index (Phi) is 5.19. The number of amides is 1. The van der Waals surface area contributed by atoms with Crippen LogP contribution in [0.5, 0.6) is 0 Å². The van der Waals surface area contributed by atoms with Gasteiger partial charge in [0.1, 0.15) is 0 Å². The van der Waals surface area contributed by atoms with E-state index in [2.05, 4.69) is 4.90 Å². The number of hydrogen-bond donors (Lipinski definition) is 1. The molecule has 1 saturated heterocycles. The number of carbonyl (C=O) groups excluding carboxylic acids is 1. The second-order valence-corrected chi connectivity index (χ2v) is 5.72. The number of ether oxygens (including phenoxy) is 1. The summed E-state index contributed by atoms with van der Waals surface area (Å²) in [5.74, 6) is 0.229. The molecule has 0 spiro atoms. The molecule has 2 aliphatic rings. The fourth-order valence-electron chi connectivity index (χ4n) is 3.00. The molecule has 1 saturated carbocycles. The predicted octanol–water partition coefficient (Wildman–Crippen LogP) is 0.472. The summed E-state index contributed by atoms with van der Waals surface area (Å²) in [5, 5.41) is 8.97. The first-order chi connectivity index (χ1) is 9.19. The van der Waals surface area contributed by atoms with Gasteiger partial charge in [0.25, 0.3) is 0 Å². The number of nitrogens with zero attached hydrogens (tertiary/aromatic N) is 2. The number of rotatable bonds is 5. The van der Waals surface area contributed by atoms with Gasteiger partial charge in [0.2, 0.25) is 5.91 Å². The standard InChI is InChI=1S/C14H26N2O3/c1-19-14(4-2-5-14)12-13(18)16-7-3-6-15(8-9-16)10-11-17/h17H,2-12H2,1H3. The Balaban J connectivity index is 1.82. The van der Waals surface area contributed by atoms with E-state index < -0.39 is 0 Å². The maximum absolute atomic E-state index is 12.4. The fourth-order valence-corrected chi connectivity index (χ4v) is 3.00. The van der Waals surface area contributed by atoms with E-state index in [9.17, 15) is 4.79 Å². The molecule has 0 unspecified atom stereocenters. The van der Waals surface area contributed by atoms with Gasteiger partial charge in [0.15, 0.2) is 0 Å². The van der Waals surface area contributed by atoms with Crippen LogP contribution in [0.2, 0.25) is 0 Å². The van der Waals surface area contributed by atoms with Gasteiger partial charge in [-0.15, -0.1) is 0 Å². The van der Waals surface area contributed by atoms with Gasteiger partial charge in [-0.2, -0.15) is 0 Å². The van der Waals surface area contributed by atoms with Crippen molar-refractivity contribution in [3.05, 3.63) is 0 Å². The largest absolute Gasteiger partial charge is 0.395 e. The Morgan fingerprint density at radius 3 is 2.58 bits per heavy atom. The van der Waals surface area contributed by atoms with Gasteiger partial charge in [-0.3, -0.25) is 9.69 Å². The van der Waals surface area contributed by atoms with Crippen LogP contribution in [0.25, 0.3) is 0 Å². The summed E-state index contributed by atoms with van der Waals surface area (Å²) < 4.78 is 5.54. The highest BCUT2D eigenvalue weighted by molar-refractivity contribution is 5.77. The lowest BCUT2D eigenvalue weighted by Gasteiger charge is -2.41. The van der Waals surface area contributed by atoms with Gasteiger partial charge < -0.3 is 14.7 Å². The molecule has 0 bridgehead atoms. The SMILES string of the molecule is COC1(CC(=O)N2CCCN(CCO)CC2)CCC1. The van der Waals surface area contributed by atoms with Crippen LogP contribution in [0.3, 0.4) is 0 Å². The van der Waals surface area contributed by atoms with Crippen molar-refractivity contribution in [2.45, 2.75) is 37.7 Å². The normalized spacial score (nSPS) is 23.8. The monoisotopic (exact) mass is 270 g/mol. The van der Waals surface area contributed by atoms with Gasteiger partial charge in [-0.25, -0.2) is 0 Å². The molecule has 2 fully saturated rings. The third kappa shape index (κ3) is 3.68. The van der Waals surface area contributed by atoms with Crippen molar-refractivity contribution in [3.63, 3.8) is 0 Å². The summed E-state index contributed by atoms with van der Waals surface area (Å²) in [4.78, 5) is 16.6. The number of aliphatic hydroxyl groups excluding tert-OH is 1. The third-order valence-corrected chi connectivity index (χ3v) is 4.53. The van der Waals surface area contributed by atoms with Gasteiger partial charge >= 0.3 is 0 Å². The molecule has 0 aromatic carbocycles. The maximum atomic E-state index is 12.4. The van der Waals surface area contributed by atoms with E-state index in [4.69, 9.17) is 9.84 Å². The minimum Gasteiger partial charge on any atom is -0.395 e. The lowest BCUT2D eigenvalue weighted by atomic mass is 9.77. The van der Waals surface area contributed by atoms with E-state index in [-0.39, 0.29) is 18.1 Å². The molecule has 2 rings (SSSR count). The quantitative estimate of drug-likeness (QED) is 0.789. The highest BCUT2D eigenvalue weighted by Crippen LogP contribution is 2.38. The number of carbonyl (C=O) groups is 1. The fraction of sp³-hybridized carbons (Fsp3) is 0.929. The molecular formula is C14H26N2O3. The van der Waals surface area contributed by atoms with E-state index in [0.717, 1.165) is 45.4 Å². The second-order valence-electron chi connectivity index (χ2n) is 5.72. The number of hydrogen-bond acceptors (Lipinski definition) is 4. The van der Waals surface area contributed by atoms with Crippen molar-refractivity contribution in [1.82, 2.24) is 9.80 Å². The summed E-state index contributed by atoms with van der Waals surface area (Å²) in [6.45, 7) is 4.36. The Morgan fingerprint density at radius 1 is 1.21 bits per heavy atom. The Labute approximate surface area is 115 Å². The van der Waals surface area contributed by atoms with Crippen LogP contribution >= 0.6 is 0 Å². The number of aliphatic hydroxyl groups is 1. The van der Waals surface area contributed by atoms with Crippen LogP contribution in [0, 0.1) is 0 Å². The first-order valence-electron chi connectivity index (χ1n) is 7.35. The van der Waals surface area contributed by atoms with Crippen LogP contribution in [0.15, 0.2) is 0 Å². The summed E-state index contributed by atoms with van der Waals surface area (Å²) in [6, 6.07) is 0. The summed E-state index contributed by atoms with van der Waals surface area (Å²) in [5.41, 5.74) is -0.172. The number of methoxy groups -OCH3 is 1. The van der Waals surface area contributed by atoms with Gasteiger partial charge in [0.05, 0.1) is 18.6 Å². The highest BCUT2D eigenvalue weighted by atomic mass is 16.5.